The van der Waals surface area contributed by atoms with Crippen LogP contribution in [0.3, 0.4) is 0 Å². The molecule has 0 radical (unpaired) electrons. The number of aromatic nitrogens is 3. The maximum absolute atomic E-state index is 12.4. The minimum atomic E-state index is -0.321. The molecule has 0 fully saturated rings. The number of nitrogens with zero attached hydrogens (tertiary/aromatic N) is 3. The lowest BCUT2D eigenvalue weighted by Crippen LogP contribution is -2.13. The van der Waals surface area contributed by atoms with Gasteiger partial charge in [-0.2, -0.15) is 0 Å². The number of amides is 1. The van der Waals surface area contributed by atoms with Crippen molar-refractivity contribution in [2.45, 2.75) is 6.54 Å². The van der Waals surface area contributed by atoms with E-state index in [2.05, 4.69) is 25.6 Å². The lowest BCUT2D eigenvalue weighted by molar-refractivity contribution is 0.102. The van der Waals surface area contributed by atoms with Gasteiger partial charge in [-0.25, -0.2) is 9.97 Å². The number of hydrogen-bond acceptors (Lipinski definition) is 7. The van der Waals surface area contributed by atoms with E-state index in [0.717, 1.165) is 5.69 Å². The van der Waals surface area contributed by atoms with Gasteiger partial charge in [0.2, 0.25) is 5.95 Å². The monoisotopic (exact) mass is 365 g/mol. The van der Waals surface area contributed by atoms with Crippen molar-refractivity contribution in [1.82, 2.24) is 15.0 Å². The number of anilines is 2. The molecule has 0 aliphatic heterocycles. The number of carbonyl (C=O) groups excluding carboxylic acids is 1. The number of carbonyl (C=O) groups is 1. The Bertz CT molecular complexity index is 901. The summed E-state index contributed by atoms with van der Waals surface area (Å²) in [6.45, 7) is 0.498. The molecule has 8 heteroatoms. The van der Waals surface area contributed by atoms with Crippen LogP contribution in [0.25, 0.3) is 0 Å². The molecule has 0 bridgehead atoms. The Kier molecular flexibility index (Phi) is 5.78. The standard InChI is InChI=1S/C19H19N5O3/c1-26-16-7-6-14(9-17(16)27-2)24-18(25)13-10-21-19(22-11-13)23-12-15-5-3-4-8-20-15/h3-11H,12H2,1-2H3,(H,24,25)(H,21,22,23). The fourth-order valence-corrected chi connectivity index (χ4v) is 2.33. The summed E-state index contributed by atoms with van der Waals surface area (Å²) in [6.07, 6.45) is 4.65. The van der Waals surface area contributed by atoms with Gasteiger partial charge in [-0.05, 0) is 24.3 Å². The van der Waals surface area contributed by atoms with Crippen LogP contribution in [0.1, 0.15) is 16.1 Å². The van der Waals surface area contributed by atoms with Gasteiger partial charge in [-0.3, -0.25) is 9.78 Å². The summed E-state index contributed by atoms with van der Waals surface area (Å²) in [4.78, 5) is 24.9. The van der Waals surface area contributed by atoms with Gasteiger partial charge >= 0.3 is 0 Å². The molecule has 1 amide bonds. The van der Waals surface area contributed by atoms with Crippen molar-refractivity contribution < 1.29 is 14.3 Å². The molecule has 0 spiro atoms. The largest absolute Gasteiger partial charge is 0.493 e. The predicted molar refractivity (Wildman–Crippen MR) is 101 cm³/mol. The van der Waals surface area contributed by atoms with E-state index in [0.29, 0.717) is 35.2 Å². The minimum absolute atomic E-state index is 0.321. The second kappa shape index (κ2) is 8.61. The molecule has 3 aromatic rings. The summed E-state index contributed by atoms with van der Waals surface area (Å²) in [6, 6.07) is 10.8. The second-order valence-electron chi connectivity index (χ2n) is 5.49. The highest BCUT2D eigenvalue weighted by Gasteiger charge is 2.10. The average molecular weight is 365 g/mol. The number of methoxy groups -OCH3 is 2. The van der Waals surface area contributed by atoms with Gasteiger partial charge in [0.15, 0.2) is 11.5 Å². The molecule has 0 saturated carbocycles. The first-order valence-corrected chi connectivity index (χ1v) is 8.19. The molecular formula is C19H19N5O3. The van der Waals surface area contributed by atoms with E-state index in [1.165, 1.54) is 19.5 Å². The number of benzene rings is 1. The zero-order valence-corrected chi connectivity index (χ0v) is 15.0. The first kappa shape index (κ1) is 18.1. The quantitative estimate of drug-likeness (QED) is 0.664. The molecule has 0 aliphatic rings. The molecule has 2 aromatic heterocycles. The molecule has 27 heavy (non-hydrogen) atoms. The summed E-state index contributed by atoms with van der Waals surface area (Å²) in [5, 5.41) is 5.83. The maximum Gasteiger partial charge on any atom is 0.258 e. The number of nitrogens with one attached hydrogen (secondary N) is 2. The van der Waals surface area contributed by atoms with Crippen LogP contribution in [0.15, 0.2) is 55.0 Å². The predicted octanol–water partition coefficient (Wildman–Crippen LogP) is 2.75. The van der Waals surface area contributed by atoms with Crippen molar-refractivity contribution in [3.63, 3.8) is 0 Å². The summed E-state index contributed by atoms with van der Waals surface area (Å²) in [5.74, 6) is 1.21. The molecule has 2 N–H and O–H groups in total. The molecule has 0 unspecified atom stereocenters. The van der Waals surface area contributed by atoms with Crippen LogP contribution in [-0.2, 0) is 6.54 Å². The van der Waals surface area contributed by atoms with Crippen molar-refractivity contribution in [2.75, 3.05) is 24.9 Å². The van der Waals surface area contributed by atoms with Gasteiger partial charge < -0.3 is 20.1 Å². The van der Waals surface area contributed by atoms with E-state index in [1.54, 1.807) is 31.5 Å². The van der Waals surface area contributed by atoms with E-state index in [9.17, 15) is 4.79 Å². The van der Waals surface area contributed by atoms with Crippen molar-refractivity contribution in [2.24, 2.45) is 0 Å². The summed E-state index contributed by atoms with van der Waals surface area (Å²) < 4.78 is 10.4. The number of hydrogen-bond donors (Lipinski definition) is 2. The fourth-order valence-electron chi connectivity index (χ4n) is 2.33. The molecule has 2 heterocycles. The van der Waals surface area contributed by atoms with Crippen LogP contribution in [0.4, 0.5) is 11.6 Å². The van der Waals surface area contributed by atoms with E-state index in [-0.39, 0.29) is 5.91 Å². The molecule has 138 valence electrons. The van der Waals surface area contributed by atoms with E-state index >= 15 is 0 Å². The Balaban J connectivity index is 1.62. The van der Waals surface area contributed by atoms with Gasteiger partial charge in [-0.15, -0.1) is 0 Å². The van der Waals surface area contributed by atoms with Crippen LogP contribution < -0.4 is 20.1 Å². The van der Waals surface area contributed by atoms with Crippen LogP contribution in [0.5, 0.6) is 11.5 Å². The zero-order valence-electron chi connectivity index (χ0n) is 15.0. The van der Waals surface area contributed by atoms with Gasteiger partial charge in [0.05, 0.1) is 32.0 Å². The lowest BCUT2D eigenvalue weighted by Gasteiger charge is -2.10. The zero-order chi connectivity index (χ0) is 19.1. The smallest absolute Gasteiger partial charge is 0.258 e. The van der Waals surface area contributed by atoms with Crippen LogP contribution >= 0.6 is 0 Å². The van der Waals surface area contributed by atoms with Gasteiger partial charge in [0.1, 0.15) is 0 Å². The molecule has 8 nitrogen and oxygen atoms in total. The Morgan fingerprint density at radius 2 is 1.78 bits per heavy atom. The van der Waals surface area contributed by atoms with E-state index < -0.39 is 0 Å². The lowest BCUT2D eigenvalue weighted by atomic mass is 10.2. The summed E-state index contributed by atoms with van der Waals surface area (Å²) in [7, 11) is 3.09. The van der Waals surface area contributed by atoms with Crippen molar-refractivity contribution in [3.8, 4) is 11.5 Å². The number of pyridine rings is 1. The molecular weight excluding hydrogens is 346 g/mol. The molecule has 0 aliphatic carbocycles. The van der Waals surface area contributed by atoms with Gasteiger partial charge in [0.25, 0.3) is 5.91 Å². The second-order valence-corrected chi connectivity index (χ2v) is 5.49. The normalized spacial score (nSPS) is 10.1. The topological polar surface area (TPSA) is 98.3 Å². The average Bonchev–Trinajstić information content (AvgIpc) is 2.73. The fraction of sp³-hybridized carbons (Fsp3) is 0.158. The highest BCUT2D eigenvalue weighted by atomic mass is 16.5. The van der Waals surface area contributed by atoms with Crippen LogP contribution in [0.2, 0.25) is 0 Å². The third-order valence-electron chi connectivity index (χ3n) is 3.71. The Morgan fingerprint density at radius 1 is 1.00 bits per heavy atom. The summed E-state index contributed by atoms with van der Waals surface area (Å²) in [5.41, 5.74) is 1.79. The van der Waals surface area contributed by atoms with Crippen molar-refractivity contribution in [3.05, 3.63) is 66.2 Å². The molecule has 3 rings (SSSR count). The Hall–Kier alpha value is -3.68. The Morgan fingerprint density at radius 3 is 2.44 bits per heavy atom. The van der Waals surface area contributed by atoms with Gasteiger partial charge in [0, 0.05) is 30.3 Å². The molecule has 0 atom stereocenters. The van der Waals surface area contributed by atoms with Crippen molar-refractivity contribution >= 4 is 17.5 Å². The van der Waals surface area contributed by atoms with Crippen LogP contribution in [-0.4, -0.2) is 35.1 Å². The van der Waals surface area contributed by atoms with Crippen molar-refractivity contribution in [1.29, 1.82) is 0 Å². The third-order valence-corrected chi connectivity index (χ3v) is 3.71. The molecule has 0 saturated heterocycles. The Labute approximate surface area is 156 Å². The van der Waals surface area contributed by atoms with E-state index in [1.807, 2.05) is 18.2 Å². The number of rotatable bonds is 7. The maximum atomic E-state index is 12.4. The first-order chi connectivity index (χ1) is 13.2. The van der Waals surface area contributed by atoms with Gasteiger partial charge in [-0.1, -0.05) is 6.07 Å². The van der Waals surface area contributed by atoms with E-state index in [4.69, 9.17) is 9.47 Å². The highest BCUT2D eigenvalue weighted by Crippen LogP contribution is 2.29. The summed E-state index contributed by atoms with van der Waals surface area (Å²) >= 11 is 0. The SMILES string of the molecule is COc1ccc(NC(=O)c2cnc(NCc3ccccn3)nc2)cc1OC. The number of ether oxygens (including phenoxy) is 2. The molecule has 1 aromatic carbocycles. The van der Waals surface area contributed by atoms with Crippen LogP contribution in [0, 0.1) is 0 Å². The highest BCUT2D eigenvalue weighted by molar-refractivity contribution is 6.04. The first-order valence-electron chi connectivity index (χ1n) is 8.19. The minimum Gasteiger partial charge on any atom is -0.493 e. The third kappa shape index (κ3) is 4.69.